The lowest BCUT2D eigenvalue weighted by atomic mass is 9.86. The zero-order valence-corrected chi connectivity index (χ0v) is 15.3. The summed E-state index contributed by atoms with van der Waals surface area (Å²) in [7, 11) is 1.86. The maximum Gasteiger partial charge on any atom is 0.254 e. The number of halogens is 1. The van der Waals surface area contributed by atoms with Crippen molar-refractivity contribution in [3.63, 3.8) is 0 Å². The normalized spacial score (nSPS) is 16.3. The summed E-state index contributed by atoms with van der Waals surface area (Å²) < 4.78 is 1.84. The Bertz CT molecular complexity index is 673. The van der Waals surface area contributed by atoms with Crippen LogP contribution in [-0.4, -0.2) is 35.8 Å². The zero-order chi connectivity index (χ0) is 16.4. The van der Waals surface area contributed by atoms with Crippen LogP contribution in [0.15, 0.2) is 36.7 Å². The molecule has 24 heavy (non-hydrogen) atoms. The molecule has 1 fully saturated rings. The second-order valence-corrected chi connectivity index (χ2v) is 6.44. The van der Waals surface area contributed by atoms with E-state index in [0.29, 0.717) is 0 Å². The highest BCUT2D eigenvalue weighted by molar-refractivity contribution is 5.98. The molecule has 1 aliphatic rings. The number of benzene rings is 1. The molecule has 2 heterocycles. The summed E-state index contributed by atoms with van der Waals surface area (Å²) in [4.78, 5) is 15.2. The smallest absolute Gasteiger partial charge is 0.254 e. The SMILES string of the molecule is Cc1cc(C)cc(N(C)C(=O)C2(n3cccn3)CCNCC2)c1.Cl. The standard InChI is InChI=1S/C18H24N4O.ClH/c1-14-11-15(2)13-16(12-14)21(3)17(23)18(5-8-19-9-6-18)22-10-4-7-20-22;/h4,7,10-13,19H,5-6,8-9H2,1-3H3;1H. The van der Waals surface area contributed by atoms with Gasteiger partial charge in [0, 0.05) is 25.1 Å². The fourth-order valence-corrected chi connectivity index (χ4v) is 3.48. The first-order chi connectivity index (χ1) is 11.0. The van der Waals surface area contributed by atoms with E-state index in [1.807, 2.05) is 24.0 Å². The van der Waals surface area contributed by atoms with E-state index < -0.39 is 5.54 Å². The van der Waals surface area contributed by atoms with E-state index in [2.05, 4.69) is 42.5 Å². The van der Waals surface area contributed by atoms with Crippen molar-refractivity contribution in [1.29, 1.82) is 0 Å². The van der Waals surface area contributed by atoms with E-state index in [0.717, 1.165) is 42.7 Å². The first kappa shape index (κ1) is 18.5. The Morgan fingerprint density at radius 3 is 2.38 bits per heavy atom. The average molecular weight is 349 g/mol. The zero-order valence-electron chi connectivity index (χ0n) is 14.5. The van der Waals surface area contributed by atoms with Crippen LogP contribution in [0.25, 0.3) is 0 Å². The molecule has 1 aromatic heterocycles. The molecule has 0 aliphatic carbocycles. The number of rotatable bonds is 3. The number of likely N-dealkylation sites (N-methyl/N-ethyl adjacent to an activating group) is 1. The van der Waals surface area contributed by atoms with Crippen LogP contribution < -0.4 is 10.2 Å². The number of aryl methyl sites for hydroxylation is 2. The first-order valence-corrected chi connectivity index (χ1v) is 8.10. The lowest BCUT2D eigenvalue weighted by Crippen LogP contribution is -2.55. The predicted molar refractivity (Wildman–Crippen MR) is 98.9 cm³/mol. The van der Waals surface area contributed by atoms with Gasteiger partial charge in [-0.3, -0.25) is 9.48 Å². The van der Waals surface area contributed by atoms with Crippen LogP contribution in [0, 0.1) is 13.8 Å². The third-order valence-electron chi connectivity index (χ3n) is 4.67. The highest BCUT2D eigenvalue weighted by atomic mass is 35.5. The van der Waals surface area contributed by atoms with Crippen molar-refractivity contribution in [2.45, 2.75) is 32.2 Å². The molecule has 0 atom stereocenters. The van der Waals surface area contributed by atoms with Crippen LogP contribution in [0.3, 0.4) is 0 Å². The maximum atomic E-state index is 13.4. The molecule has 3 rings (SSSR count). The quantitative estimate of drug-likeness (QED) is 0.927. The Morgan fingerprint density at radius 2 is 1.83 bits per heavy atom. The van der Waals surface area contributed by atoms with Crippen LogP contribution in [-0.2, 0) is 10.3 Å². The van der Waals surface area contributed by atoms with Gasteiger partial charge in [-0.2, -0.15) is 5.10 Å². The molecule has 1 N–H and O–H groups in total. The number of anilines is 1. The van der Waals surface area contributed by atoms with Crippen molar-refractivity contribution in [2.75, 3.05) is 25.0 Å². The van der Waals surface area contributed by atoms with Crippen LogP contribution in [0.1, 0.15) is 24.0 Å². The van der Waals surface area contributed by atoms with E-state index in [9.17, 15) is 4.79 Å². The van der Waals surface area contributed by atoms with E-state index in [4.69, 9.17) is 0 Å². The molecule has 1 aliphatic heterocycles. The molecule has 0 spiro atoms. The van der Waals surface area contributed by atoms with Crippen molar-refractivity contribution in [3.05, 3.63) is 47.8 Å². The Balaban J connectivity index is 0.00000208. The molecule has 5 nitrogen and oxygen atoms in total. The van der Waals surface area contributed by atoms with E-state index >= 15 is 0 Å². The Labute approximate surface area is 149 Å². The fourth-order valence-electron chi connectivity index (χ4n) is 3.48. The number of nitrogens with zero attached hydrogens (tertiary/aromatic N) is 3. The second-order valence-electron chi connectivity index (χ2n) is 6.44. The summed E-state index contributed by atoms with van der Waals surface area (Å²) in [5.41, 5.74) is 2.68. The molecule has 2 aromatic rings. The fraction of sp³-hybridized carbons (Fsp3) is 0.444. The van der Waals surface area contributed by atoms with Gasteiger partial charge in [-0.15, -0.1) is 12.4 Å². The molecule has 0 radical (unpaired) electrons. The Kier molecular flexibility index (Phi) is 5.67. The van der Waals surface area contributed by atoms with Gasteiger partial charge in [0.2, 0.25) is 0 Å². The number of aromatic nitrogens is 2. The number of amides is 1. The summed E-state index contributed by atoms with van der Waals surface area (Å²) in [6, 6.07) is 8.12. The highest BCUT2D eigenvalue weighted by Crippen LogP contribution is 2.31. The van der Waals surface area contributed by atoms with Crippen molar-refractivity contribution >= 4 is 24.0 Å². The third-order valence-corrected chi connectivity index (χ3v) is 4.67. The monoisotopic (exact) mass is 348 g/mol. The van der Waals surface area contributed by atoms with Crippen molar-refractivity contribution < 1.29 is 4.79 Å². The summed E-state index contributed by atoms with van der Waals surface area (Å²) >= 11 is 0. The number of carbonyl (C=O) groups is 1. The largest absolute Gasteiger partial charge is 0.317 e. The van der Waals surface area contributed by atoms with Crippen LogP contribution in [0.4, 0.5) is 5.69 Å². The Hall–Kier alpha value is -1.85. The van der Waals surface area contributed by atoms with E-state index in [-0.39, 0.29) is 18.3 Å². The molecular weight excluding hydrogens is 324 g/mol. The molecule has 1 aromatic carbocycles. The predicted octanol–water partition coefficient (Wildman–Crippen LogP) is 2.66. The van der Waals surface area contributed by atoms with Crippen LogP contribution in [0.5, 0.6) is 0 Å². The van der Waals surface area contributed by atoms with Gasteiger partial charge in [0.05, 0.1) is 0 Å². The highest BCUT2D eigenvalue weighted by Gasteiger charge is 2.44. The van der Waals surface area contributed by atoms with Gasteiger partial charge in [0.15, 0.2) is 0 Å². The maximum absolute atomic E-state index is 13.4. The summed E-state index contributed by atoms with van der Waals surface area (Å²) in [6.45, 7) is 5.77. The van der Waals surface area contributed by atoms with Gasteiger partial charge in [-0.25, -0.2) is 0 Å². The molecule has 0 unspecified atom stereocenters. The topological polar surface area (TPSA) is 50.2 Å². The van der Waals surface area contributed by atoms with Gasteiger partial charge in [0.1, 0.15) is 5.54 Å². The first-order valence-electron chi connectivity index (χ1n) is 8.10. The molecular formula is C18H25ClN4O. The second kappa shape index (κ2) is 7.36. The number of hydrogen-bond donors (Lipinski definition) is 1. The number of hydrogen-bond acceptors (Lipinski definition) is 3. The van der Waals surface area contributed by atoms with Crippen molar-refractivity contribution in [2.24, 2.45) is 0 Å². The summed E-state index contributed by atoms with van der Waals surface area (Å²) in [5, 5.41) is 7.73. The Morgan fingerprint density at radius 1 is 1.21 bits per heavy atom. The van der Waals surface area contributed by atoms with Gasteiger partial charge in [-0.1, -0.05) is 6.07 Å². The lowest BCUT2D eigenvalue weighted by molar-refractivity contribution is -0.128. The summed E-state index contributed by atoms with van der Waals surface area (Å²) in [6.07, 6.45) is 5.15. The third kappa shape index (κ3) is 3.32. The van der Waals surface area contributed by atoms with E-state index in [1.54, 1.807) is 11.1 Å². The minimum Gasteiger partial charge on any atom is -0.317 e. The summed E-state index contributed by atoms with van der Waals surface area (Å²) in [5.74, 6) is 0.104. The lowest BCUT2D eigenvalue weighted by Gasteiger charge is -2.39. The van der Waals surface area contributed by atoms with Gasteiger partial charge in [-0.05, 0) is 69.1 Å². The molecule has 0 saturated carbocycles. The van der Waals surface area contributed by atoms with E-state index in [1.165, 1.54) is 0 Å². The number of carbonyl (C=O) groups excluding carboxylic acids is 1. The van der Waals surface area contributed by atoms with Gasteiger partial charge < -0.3 is 10.2 Å². The molecule has 1 amide bonds. The molecule has 6 heteroatoms. The molecule has 130 valence electrons. The molecule has 1 saturated heterocycles. The van der Waals surface area contributed by atoms with Gasteiger partial charge >= 0.3 is 0 Å². The molecule has 0 bridgehead atoms. The average Bonchev–Trinajstić information content (AvgIpc) is 3.08. The van der Waals surface area contributed by atoms with Gasteiger partial charge in [0.25, 0.3) is 5.91 Å². The van der Waals surface area contributed by atoms with Crippen LogP contribution in [0.2, 0.25) is 0 Å². The van der Waals surface area contributed by atoms with Crippen LogP contribution >= 0.6 is 12.4 Å². The minimum absolute atomic E-state index is 0. The van der Waals surface area contributed by atoms with Crippen molar-refractivity contribution in [3.8, 4) is 0 Å². The number of piperidine rings is 1. The minimum atomic E-state index is -0.596. The number of nitrogens with one attached hydrogen (secondary N) is 1. The van der Waals surface area contributed by atoms with Crippen molar-refractivity contribution in [1.82, 2.24) is 15.1 Å².